The molecule has 0 spiro atoms. The fourth-order valence-corrected chi connectivity index (χ4v) is 3.58. The van der Waals surface area contributed by atoms with E-state index >= 15 is 0 Å². The van der Waals surface area contributed by atoms with Crippen molar-refractivity contribution in [3.05, 3.63) is 90.0 Å². The van der Waals surface area contributed by atoms with Gasteiger partial charge in [-0.25, -0.2) is 4.52 Å². The molecule has 0 saturated heterocycles. The summed E-state index contributed by atoms with van der Waals surface area (Å²) in [7, 11) is 0. The second kappa shape index (κ2) is 12.4. The van der Waals surface area contributed by atoms with Gasteiger partial charge in [-0.05, 0) is 43.7 Å². The Hall–Kier alpha value is -3.52. The molecule has 0 bridgehead atoms. The lowest BCUT2D eigenvalue weighted by atomic mass is 9.94. The number of alkyl halides is 3. The van der Waals surface area contributed by atoms with E-state index in [2.05, 4.69) is 10.1 Å². The van der Waals surface area contributed by atoms with Gasteiger partial charge in [0.25, 0.3) is 0 Å². The van der Waals surface area contributed by atoms with Gasteiger partial charge in [0, 0.05) is 30.8 Å². The van der Waals surface area contributed by atoms with Crippen molar-refractivity contribution in [3.8, 4) is 11.1 Å². The molecule has 0 radical (unpaired) electrons. The summed E-state index contributed by atoms with van der Waals surface area (Å²) in [5.74, 6) is 0.0423. The molecule has 1 atom stereocenters. The Morgan fingerprint density at radius 1 is 1.03 bits per heavy atom. The SMILES string of the molecule is CC.CCC(=O)C[C@@](C)(O)c1ccccn1.Cc1nn2ccc(C(F)(F)F)cc2c1-c1ccccc1. The van der Waals surface area contributed by atoms with Crippen molar-refractivity contribution in [2.45, 2.75) is 59.2 Å². The zero-order chi connectivity index (χ0) is 26.9. The van der Waals surface area contributed by atoms with E-state index in [1.54, 1.807) is 45.2 Å². The Bertz CT molecular complexity index is 1250. The molecule has 0 aliphatic rings. The third-order valence-corrected chi connectivity index (χ3v) is 5.35. The van der Waals surface area contributed by atoms with Crippen molar-refractivity contribution < 1.29 is 23.1 Å². The average molecular weight is 500 g/mol. The predicted molar refractivity (Wildman–Crippen MR) is 135 cm³/mol. The van der Waals surface area contributed by atoms with Gasteiger partial charge in [-0.2, -0.15) is 18.3 Å². The highest BCUT2D eigenvalue weighted by atomic mass is 19.4. The van der Waals surface area contributed by atoms with Crippen LogP contribution in [0.4, 0.5) is 13.2 Å². The maximum atomic E-state index is 12.8. The number of aryl methyl sites for hydroxylation is 1. The molecule has 8 heteroatoms. The lowest BCUT2D eigenvalue weighted by Crippen LogP contribution is -2.26. The number of halogens is 3. The van der Waals surface area contributed by atoms with E-state index in [9.17, 15) is 23.1 Å². The Kier molecular flexibility index (Phi) is 9.93. The minimum atomic E-state index is -4.35. The monoisotopic (exact) mass is 499 g/mol. The van der Waals surface area contributed by atoms with Crippen LogP contribution in [0.2, 0.25) is 0 Å². The van der Waals surface area contributed by atoms with Crippen molar-refractivity contribution in [1.82, 2.24) is 14.6 Å². The first-order valence-electron chi connectivity index (χ1n) is 11.8. The van der Waals surface area contributed by atoms with Crippen LogP contribution in [-0.4, -0.2) is 25.5 Å². The molecule has 5 nitrogen and oxygen atoms in total. The van der Waals surface area contributed by atoms with Crippen LogP contribution in [0.1, 0.15) is 57.5 Å². The number of benzene rings is 1. The molecule has 0 aliphatic heterocycles. The van der Waals surface area contributed by atoms with E-state index in [-0.39, 0.29) is 12.2 Å². The van der Waals surface area contributed by atoms with Gasteiger partial charge in [-0.1, -0.05) is 57.2 Å². The predicted octanol–water partition coefficient (Wildman–Crippen LogP) is 7.01. The molecule has 1 aromatic carbocycles. The number of aliphatic hydroxyl groups is 1. The fraction of sp³-hybridized carbons (Fsp3) is 0.321. The molecule has 0 fully saturated rings. The van der Waals surface area contributed by atoms with Gasteiger partial charge in [0.2, 0.25) is 0 Å². The summed E-state index contributed by atoms with van der Waals surface area (Å²) in [5, 5.41) is 14.3. The summed E-state index contributed by atoms with van der Waals surface area (Å²) in [6.45, 7) is 9.20. The van der Waals surface area contributed by atoms with Crippen LogP contribution in [0.3, 0.4) is 0 Å². The lowest BCUT2D eigenvalue weighted by molar-refractivity contribution is -0.137. The Morgan fingerprint density at radius 2 is 1.67 bits per heavy atom. The molecular formula is C28H32F3N3O2. The quantitative estimate of drug-likeness (QED) is 0.321. The van der Waals surface area contributed by atoms with Crippen LogP contribution in [0.15, 0.2) is 73.1 Å². The Morgan fingerprint density at radius 3 is 2.22 bits per heavy atom. The number of Topliss-reactive ketones (excluding diaryl/α,β-unsaturated/α-hetero) is 1. The summed E-state index contributed by atoms with van der Waals surface area (Å²) in [6, 6.07) is 16.8. The zero-order valence-corrected chi connectivity index (χ0v) is 21.2. The molecule has 36 heavy (non-hydrogen) atoms. The van der Waals surface area contributed by atoms with Gasteiger partial charge in [0.15, 0.2) is 0 Å². The summed E-state index contributed by atoms with van der Waals surface area (Å²) >= 11 is 0. The van der Waals surface area contributed by atoms with Crippen molar-refractivity contribution in [2.75, 3.05) is 0 Å². The highest BCUT2D eigenvalue weighted by Crippen LogP contribution is 2.34. The first-order valence-corrected chi connectivity index (χ1v) is 11.8. The molecule has 3 aromatic heterocycles. The van der Waals surface area contributed by atoms with Gasteiger partial charge in [-0.3, -0.25) is 9.78 Å². The topological polar surface area (TPSA) is 67.5 Å². The summed E-state index contributed by atoms with van der Waals surface area (Å²) in [6.07, 6.45) is -0.824. The van der Waals surface area contributed by atoms with E-state index in [0.29, 0.717) is 23.3 Å². The number of nitrogens with zero attached hydrogens (tertiary/aromatic N) is 3. The normalized spacial score (nSPS) is 12.6. The number of hydrogen-bond donors (Lipinski definition) is 1. The van der Waals surface area contributed by atoms with Crippen LogP contribution in [0.25, 0.3) is 16.6 Å². The lowest BCUT2D eigenvalue weighted by Gasteiger charge is -2.21. The minimum absolute atomic E-state index is 0.0423. The average Bonchev–Trinajstić information content (AvgIpc) is 3.21. The van der Waals surface area contributed by atoms with Crippen molar-refractivity contribution in [1.29, 1.82) is 0 Å². The number of carbonyl (C=O) groups excluding carboxylic acids is 1. The third-order valence-electron chi connectivity index (χ3n) is 5.35. The number of pyridine rings is 2. The van der Waals surface area contributed by atoms with Crippen LogP contribution < -0.4 is 0 Å². The standard InChI is InChI=1S/C15H11F3N2.C11H15NO2.C2H6/c1-10-14(11-5-3-2-4-6-11)13-9-12(15(16,17)18)7-8-20(13)19-10;1-3-9(13)8-11(2,14)10-6-4-5-7-12-10;1-2/h2-9H,1H3;4-7,14H,3,8H2,1-2H3;1-2H3/t;11-;/m.1./s1. The van der Waals surface area contributed by atoms with Gasteiger partial charge < -0.3 is 5.11 Å². The maximum Gasteiger partial charge on any atom is 0.416 e. The fourth-order valence-electron chi connectivity index (χ4n) is 3.58. The highest BCUT2D eigenvalue weighted by molar-refractivity contribution is 5.82. The zero-order valence-electron chi connectivity index (χ0n) is 21.2. The maximum absolute atomic E-state index is 12.8. The van der Waals surface area contributed by atoms with Crippen molar-refractivity contribution in [3.63, 3.8) is 0 Å². The second-order valence-electron chi connectivity index (χ2n) is 8.13. The van der Waals surface area contributed by atoms with Crippen molar-refractivity contribution >= 4 is 11.3 Å². The molecule has 1 N–H and O–H groups in total. The molecule has 4 rings (SSSR count). The molecule has 192 valence electrons. The van der Waals surface area contributed by atoms with E-state index in [0.717, 1.165) is 23.3 Å². The number of rotatable bonds is 5. The van der Waals surface area contributed by atoms with Crippen LogP contribution in [0.5, 0.6) is 0 Å². The minimum Gasteiger partial charge on any atom is -0.383 e. The van der Waals surface area contributed by atoms with Gasteiger partial charge in [0.05, 0.1) is 22.5 Å². The molecule has 0 unspecified atom stereocenters. The number of carbonyl (C=O) groups is 1. The summed E-state index contributed by atoms with van der Waals surface area (Å²) in [5.41, 5.74) is 1.49. The molecule has 4 aromatic rings. The van der Waals surface area contributed by atoms with E-state index < -0.39 is 17.3 Å². The molecular weight excluding hydrogens is 467 g/mol. The Balaban J connectivity index is 0.000000252. The highest BCUT2D eigenvalue weighted by Gasteiger charge is 2.31. The molecule has 0 saturated carbocycles. The largest absolute Gasteiger partial charge is 0.416 e. The van der Waals surface area contributed by atoms with E-state index in [1.165, 1.54) is 10.7 Å². The van der Waals surface area contributed by atoms with Gasteiger partial charge in [-0.15, -0.1) is 0 Å². The third kappa shape index (κ3) is 7.24. The van der Waals surface area contributed by atoms with Gasteiger partial charge in [0.1, 0.15) is 11.4 Å². The van der Waals surface area contributed by atoms with Crippen LogP contribution in [0, 0.1) is 6.92 Å². The molecule has 0 aliphatic carbocycles. The second-order valence-corrected chi connectivity index (χ2v) is 8.13. The molecule has 3 heterocycles. The first kappa shape index (κ1) is 28.7. The first-order chi connectivity index (χ1) is 17.0. The smallest absolute Gasteiger partial charge is 0.383 e. The summed E-state index contributed by atoms with van der Waals surface area (Å²) in [4.78, 5) is 15.2. The number of aromatic nitrogens is 3. The van der Waals surface area contributed by atoms with E-state index in [1.807, 2.05) is 44.2 Å². The molecule has 0 amide bonds. The number of ketones is 1. The van der Waals surface area contributed by atoms with Crippen molar-refractivity contribution in [2.24, 2.45) is 0 Å². The summed E-state index contributed by atoms with van der Waals surface area (Å²) < 4.78 is 40.0. The number of hydrogen-bond acceptors (Lipinski definition) is 4. The van der Waals surface area contributed by atoms with Crippen LogP contribution >= 0.6 is 0 Å². The van der Waals surface area contributed by atoms with E-state index in [4.69, 9.17) is 0 Å². The van der Waals surface area contributed by atoms with Crippen LogP contribution in [-0.2, 0) is 16.6 Å². The van der Waals surface area contributed by atoms with Gasteiger partial charge >= 0.3 is 6.18 Å². The number of fused-ring (bicyclic) bond motifs is 1. The Labute approximate surface area is 209 Å².